The van der Waals surface area contributed by atoms with Gasteiger partial charge in [-0.2, -0.15) is 34.4 Å². The fraction of sp³-hybridized carbons (Fsp3) is 0. The maximum atomic E-state index is 4.94. The lowest BCUT2D eigenvalue weighted by Gasteiger charge is -1.61. The van der Waals surface area contributed by atoms with E-state index in [1.165, 1.54) is 0 Å². The summed E-state index contributed by atoms with van der Waals surface area (Å²) in [6.45, 7) is 0. The van der Waals surface area contributed by atoms with Crippen LogP contribution >= 0.6 is 76.9 Å². The zero-order valence-corrected chi connectivity index (χ0v) is 10.3. The van der Waals surface area contributed by atoms with Crippen molar-refractivity contribution >= 4 is 93.3 Å². The van der Waals surface area contributed by atoms with Crippen LogP contribution in [0.15, 0.2) is 0 Å². The molecule has 9 heavy (non-hydrogen) atoms. The van der Waals surface area contributed by atoms with E-state index in [-0.39, 0.29) is 12.4 Å². The molecule has 0 aromatic rings. The van der Waals surface area contributed by atoms with Crippen molar-refractivity contribution in [2.45, 2.75) is 0 Å². The Labute approximate surface area is 92.3 Å². The van der Waals surface area contributed by atoms with Crippen molar-refractivity contribution in [1.29, 1.82) is 0 Å². The molecular weight excluding hydrogens is 286 g/mol. The van der Waals surface area contributed by atoms with Crippen LogP contribution < -0.4 is 0 Å². The van der Waals surface area contributed by atoms with Crippen molar-refractivity contribution in [3.8, 4) is 0 Å². The van der Waals surface area contributed by atoms with Gasteiger partial charge in [0, 0.05) is 0 Å². The van der Waals surface area contributed by atoms with E-state index in [0.717, 1.165) is 0 Å². The molecule has 0 saturated heterocycles. The predicted molar refractivity (Wildman–Crippen MR) is 53.9 cm³/mol. The maximum absolute atomic E-state index is 4.94. The highest BCUT2D eigenvalue weighted by molar-refractivity contribution is 7.54. The first-order valence-electron chi connectivity index (χ1n) is 1.31. The van der Waals surface area contributed by atoms with Crippen LogP contribution in [-0.2, 0) is 0 Å². The highest BCUT2D eigenvalue weighted by Crippen LogP contribution is 1.97. The van der Waals surface area contributed by atoms with E-state index in [1.54, 1.807) is 0 Å². The highest BCUT2D eigenvalue weighted by Gasteiger charge is 2.00. The minimum Gasteiger partial charge on any atom is -0.214 e. The summed E-state index contributed by atoms with van der Waals surface area (Å²) in [7, 11) is 14.8. The van der Waals surface area contributed by atoms with E-state index in [0.29, 0.717) is 0 Å². The Morgan fingerprint density at radius 2 is 0.889 bits per heavy atom. The highest BCUT2D eigenvalue weighted by atomic mass is 35.8. The number of rotatable bonds is 0. The first kappa shape index (κ1) is 17.6. The third kappa shape index (κ3) is 115. The van der Waals surface area contributed by atoms with Gasteiger partial charge in [0.1, 0.15) is 0 Å². The molecule has 0 radical (unpaired) electrons. The largest absolute Gasteiger partial charge is 0.643 e. The topological polar surface area (TPSA) is 0 Å². The summed E-state index contributed by atoms with van der Waals surface area (Å²) in [6, 6.07) is 0. The number of halogens is 7. The van der Waals surface area contributed by atoms with Gasteiger partial charge in [-0.1, -0.05) is 0 Å². The molecule has 9 heteroatoms. The van der Waals surface area contributed by atoms with Gasteiger partial charge in [-0.05, 0) is 0 Å². The van der Waals surface area contributed by atoms with Crippen LogP contribution in [0.25, 0.3) is 0 Å². The molecule has 0 aliphatic heterocycles. The fourth-order valence-electron chi connectivity index (χ4n) is 0. The van der Waals surface area contributed by atoms with Crippen LogP contribution in [0.3, 0.4) is 0 Å². The van der Waals surface area contributed by atoms with Crippen molar-refractivity contribution in [3.63, 3.8) is 0 Å². The predicted octanol–water partition coefficient (Wildman–Crippen LogP) is 3.80. The molecule has 0 nitrogen and oxygen atoms in total. The number of hydrogen-bond acceptors (Lipinski definition) is 0. The van der Waals surface area contributed by atoms with E-state index < -0.39 is 16.3 Å². The molecule has 56 valence electrons. The van der Waals surface area contributed by atoms with Crippen molar-refractivity contribution in [2.75, 3.05) is 0 Å². The molecule has 0 heterocycles. The average Bonchev–Trinajstić information content (AvgIpc) is 1.25. The second kappa shape index (κ2) is 13.2. The molecule has 0 saturated carbocycles. The fourth-order valence-corrected chi connectivity index (χ4v) is 0. The van der Waals surface area contributed by atoms with Crippen LogP contribution in [0.2, 0.25) is 0 Å². The van der Waals surface area contributed by atoms with Gasteiger partial charge >= 0.3 is 16.3 Å². The molecule has 0 fully saturated rings. The summed E-state index contributed by atoms with van der Waals surface area (Å²) in [5.41, 5.74) is 0. The van der Waals surface area contributed by atoms with Crippen molar-refractivity contribution < 1.29 is 0 Å². The van der Waals surface area contributed by atoms with Gasteiger partial charge in [-0.3, -0.25) is 0 Å². The van der Waals surface area contributed by atoms with Crippen molar-refractivity contribution in [2.24, 2.45) is 0 Å². The van der Waals surface area contributed by atoms with Crippen LogP contribution in [0, 0.1) is 0 Å². The third-order valence-electron chi connectivity index (χ3n) is 0. The molecule has 0 rings (SSSR count). The van der Waals surface area contributed by atoms with Gasteiger partial charge in [0.05, 0.1) is 0 Å². The third-order valence-corrected chi connectivity index (χ3v) is 0. The quantitative estimate of drug-likeness (QED) is 0.594. The summed E-state index contributed by atoms with van der Waals surface area (Å²) in [6.07, 6.45) is 0. The Bertz CT molecular complexity index is 24.4. The normalized spacial score (nSPS) is 6.00. The number of hydrogen-bond donors (Lipinski definition) is 0. The zero-order valence-electron chi connectivity index (χ0n) is 3.83. The van der Waals surface area contributed by atoms with Gasteiger partial charge in [0.25, 0.3) is 0 Å². The Morgan fingerprint density at radius 3 is 0.889 bits per heavy atom. The lowest BCUT2D eigenvalue weighted by molar-refractivity contribution is 4.07. The molecule has 0 unspecified atom stereocenters. The standard InChI is InChI=1S/Al.BCl3.4ClH/c;2-1(3)4;;;;/h;;4*1H/q+3;;;;;/p-3. The smallest absolute Gasteiger partial charge is 0.214 e. The molecule has 0 N–H and O–H groups in total. The van der Waals surface area contributed by atoms with Crippen LogP contribution in [-0.4, -0.2) is 16.3 Å². The minimum atomic E-state index is -1.72. The van der Waals surface area contributed by atoms with E-state index in [9.17, 15) is 0 Å². The van der Waals surface area contributed by atoms with Crippen LogP contribution in [0.1, 0.15) is 0 Å². The van der Waals surface area contributed by atoms with Crippen LogP contribution in [0.5, 0.6) is 0 Å². The lowest BCUT2D eigenvalue weighted by atomic mass is 10.7. The first-order valence-corrected chi connectivity index (χ1v) is 7.86. The summed E-state index contributed by atoms with van der Waals surface area (Å²) >= 11 is 12.7. The molecule has 0 aromatic carbocycles. The van der Waals surface area contributed by atoms with E-state index in [2.05, 4.69) is 0 Å². The molecule has 0 atom stereocenters. The zero-order chi connectivity index (χ0) is 7.15. The minimum absolute atomic E-state index is 0. The van der Waals surface area contributed by atoms with E-state index in [4.69, 9.17) is 64.5 Å². The Kier molecular flexibility index (Phi) is 25.9. The second-order valence-electron chi connectivity index (χ2n) is 0.495. The SMILES string of the molecule is Cl.ClB(Cl)Cl.[Cl][Al]([Cl])[Cl]. The Balaban J connectivity index is -0.0000000720. The molecule has 0 aliphatic carbocycles. The van der Waals surface area contributed by atoms with Gasteiger partial charge in [0.15, 0.2) is 0 Å². The molecule has 0 bridgehead atoms. The first-order chi connectivity index (χ1) is 3.46. The Morgan fingerprint density at radius 1 is 0.889 bits per heavy atom. The van der Waals surface area contributed by atoms with Gasteiger partial charge < -0.3 is 0 Å². The van der Waals surface area contributed by atoms with Crippen LogP contribution in [0.4, 0.5) is 0 Å². The lowest BCUT2D eigenvalue weighted by Crippen LogP contribution is -1.66. The van der Waals surface area contributed by atoms with Gasteiger partial charge in [-0.15, -0.1) is 12.4 Å². The molecule has 0 aliphatic rings. The van der Waals surface area contributed by atoms with E-state index in [1.807, 2.05) is 0 Å². The molecule has 0 spiro atoms. The van der Waals surface area contributed by atoms with Gasteiger partial charge in [-0.25, -0.2) is 30.1 Å². The summed E-state index contributed by atoms with van der Waals surface area (Å²) in [4.78, 5) is -0.750. The summed E-state index contributed by atoms with van der Waals surface area (Å²) in [5, 5.41) is 0. The summed E-state index contributed by atoms with van der Waals surface area (Å²) < 4.78 is 0. The second-order valence-corrected chi connectivity index (χ2v) is 8.91. The summed E-state index contributed by atoms with van der Waals surface area (Å²) in [5.74, 6) is 0. The van der Waals surface area contributed by atoms with Crippen molar-refractivity contribution in [1.82, 2.24) is 0 Å². The average molecular weight is 287 g/mol. The van der Waals surface area contributed by atoms with Gasteiger partial charge in [0.2, 0.25) is 0 Å². The van der Waals surface area contributed by atoms with E-state index >= 15 is 0 Å². The monoisotopic (exact) mass is 284 g/mol. The molecule has 0 aromatic heterocycles. The molecular formula is HAlBCl7. The molecule has 0 amide bonds. The van der Waals surface area contributed by atoms with Crippen molar-refractivity contribution in [3.05, 3.63) is 0 Å². The maximum Gasteiger partial charge on any atom is 0.643 e. The Hall–Kier alpha value is 2.63.